The van der Waals surface area contributed by atoms with Crippen LogP contribution in [0, 0.1) is 0 Å². The van der Waals surface area contributed by atoms with E-state index in [0.717, 1.165) is 33.3 Å². The van der Waals surface area contributed by atoms with Gasteiger partial charge < -0.3 is 14.8 Å². The van der Waals surface area contributed by atoms with Crippen molar-refractivity contribution in [3.05, 3.63) is 105 Å². The van der Waals surface area contributed by atoms with E-state index in [-0.39, 0.29) is 30.8 Å². The molecule has 0 bridgehead atoms. The zero-order chi connectivity index (χ0) is 24.3. The first-order valence-electron chi connectivity index (χ1n) is 11.6. The molecular weight excluding hydrogens is 481 g/mol. The highest BCUT2D eigenvalue weighted by atomic mass is 35.5. The fourth-order valence-electron chi connectivity index (χ4n) is 5.63. The monoisotopic (exact) mass is 503 g/mol. The number of aromatic nitrogens is 1. The Bertz CT molecular complexity index is 1480. The molecule has 0 unspecified atom stereocenters. The minimum Gasteiger partial charge on any atom is -0.356 e. The van der Waals surface area contributed by atoms with Gasteiger partial charge in [0.2, 0.25) is 5.91 Å². The van der Waals surface area contributed by atoms with Crippen molar-refractivity contribution in [1.29, 1.82) is 0 Å². The first kappa shape index (κ1) is 22.2. The molecule has 6 rings (SSSR count). The van der Waals surface area contributed by atoms with Gasteiger partial charge in [0.1, 0.15) is 6.54 Å². The summed E-state index contributed by atoms with van der Waals surface area (Å²) in [4.78, 5) is 34.6. The van der Waals surface area contributed by atoms with Crippen LogP contribution in [0.5, 0.6) is 0 Å². The van der Waals surface area contributed by atoms with Crippen molar-refractivity contribution in [1.82, 2.24) is 14.8 Å². The van der Waals surface area contributed by atoms with Gasteiger partial charge in [0.15, 0.2) is 5.54 Å². The number of amides is 2. The number of hydrogen-bond acceptors (Lipinski definition) is 2. The largest absolute Gasteiger partial charge is 0.356 e. The summed E-state index contributed by atoms with van der Waals surface area (Å²) in [7, 11) is 0. The number of nitrogens with zero attached hydrogens (tertiary/aromatic N) is 2. The van der Waals surface area contributed by atoms with Crippen LogP contribution in [0.2, 0.25) is 10.0 Å². The predicted octanol–water partition coefficient (Wildman–Crippen LogP) is 5.71. The quantitative estimate of drug-likeness (QED) is 0.389. The second-order valence-electron chi connectivity index (χ2n) is 9.39. The van der Waals surface area contributed by atoms with Crippen LogP contribution in [0.4, 0.5) is 0 Å². The molecule has 3 aromatic carbocycles. The summed E-state index contributed by atoms with van der Waals surface area (Å²) in [5, 5.41) is 2.30. The molecule has 2 aliphatic heterocycles. The lowest BCUT2D eigenvalue weighted by molar-refractivity contribution is -0.166. The average molecular weight is 504 g/mol. The number of fused-ring (bicyclic) bond motifs is 5. The fraction of sp³-hybridized carbons (Fsp3) is 0.214. The Hall–Kier alpha value is -3.28. The van der Waals surface area contributed by atoms with Gasteiger partial charge in [-0.05, 0) is 47.9 Å². The van der Waals surface area contributed by atoms with E-state index in [2.05, 4.69) is 11.1 Å². The van der Waals surface area contributed by atoms with Gasteiger partial charge in [-0.25, -0.2) is 0 Å². The van der Waals surface area contributed by atoms with Crippen LogP contribution in [-0.4, -0.2) is 39.7 Å². The molecule has 2 amide bonds. The molecule has 0 spiro atoms. The zero-order valence-electron chi connectivity index (χ0n) is 19.1. The summed E-state index contributed by atoms with van der Waals surface area (Å²) in [6.07, 6.45) is 0. The molecule has 0 aliphatic carbocycles. The Kier molecular flexibility index (Phi) is 5.17. The molecule has 2 aliphatic rings. The summed E-state index contributed by atoms with van der Waals surface area (Å²) < 4.78 is 0. The third-order valence-electron chi connectivity index (χ3n) is 7.41. The molecule has 1 fully saturated rings. The number of carbonyl (C=O) groups excluding carboxylic acids is 2. The Morgan fingerprint density at radius 2 is 1.69 bits per heavy atom. The SMILES string of the molecule is C[C@]12C(=O)N(Cc3ccccc3Cl)CC(=O)N1C[C@@H](c1ccc(Cl)cc1)c1c2[nH]c2ccccc12. The number of para-hydroxylation sites is 1. The van der Waals surface area contributed by atoms with E-state index < -0.39 is 5.54 Å². The lowest BCUT2D eigenvalue weighted by atomic mass is 9.76. The number of benzene rings is 3. The number of piperazine rings is 1. The Morgan fingerprint density at radius 1 is 0.971 bits per heavy atom. The third kappa shape index (κ3) is 3.37. The summed E-state index contributed by atoms with van der Waals surface area (Å²) in [5.74, 6) is -0.278. The average Bonchev–Trinajstić information content (AvgIpc) is 3.25. The van der Waals surface area contributed by atoms with Gasteiger partial charge in [-0.1, -0.05) is 71.7 Å². The molecule has 176 valence electrons. The molecule has 1 aromatic heterocycles. The van der Waals surface area contributed by atoms with E-state index in [0.29, 0.717) is 16.6 Å². The smallest absolute Gasteiger partial charge is 0.255 e. The van der Waals surface area contributed by atoms with Crippen LogP contribution in [0.1, 0.15) is 35.2 Å². The minimum atomic E-state index is -1.14. The first-order chi connectivity index (χ1) is 16.9. The van der Waals surface area contributed by atoms with Crippen molar-refractivity contribution in [3.8, 4) is 0 Å². The van der Waals surface area contributed by atoms with E-state index in [9.17, 15) is 9.59 Å². The van der Waals surface area contributed by atoms with Crippen LogP contribution in [0.15, 0.2) is 72.8 Å². The van der Waals surface area contributed by atoms with Crippen molar-refractivity contribution >= 4 is 45.9 Å². The van der Waals surface area contributed by atoms with Gasteiger partial charge in [0.05, 0.1) is 5.69 Å². The number of hydrogen-bond donors (Lipinski definition) is 1. The topological polar surface area (TPSA) is 56.4 Å². The van der Waals surface area contributed by atoms with E-state index >= 15 is 0 Å². The normalized spacial score (nSPS) is 21.9. The number of nitrogens with one attached hydrogen (secondary N) is 1. The van der Waals surface area contributed by atoms with E-state index in [4.69, 9.17) is 23.2 Å². The molecule has 4 aromatic rings. The van der Waals surface area contributed by atoms with E-state index in [1.54, 1.807) is 15.9 Å². The van der Waals surface area contributed by atoms with Crippen molar-refractivity contribution in [2.75, 3.05) is 13.1 Å². The first-order valence-corrected chi connectivity index (χ1v) is 12.3. The van der Waals surface area contributed by atoms with Gasteiger partial charge in [-0.3, -0.25) is 9.59 Å². The molecule has 2 atom stereocenters. The lowest BCUT2D eigenvalue weighted by Gasteiger charge is -2.51. The van der Waals surface area contributed by atoms with Gasteiger partial charge in [-0.15, -0.1) is 0 Å². The second-order valence-corrected chi connectivity index (χ2v) is 10.2. The molecular formula is C28H23Cl2N3O2. The Morgan fingerprint density at radius 3 is 2.46 bits per heavy atom. The van der Waals surface area contributed by atoms with Gasteiger partial charge >= 0.3 is 0 Å². The molecule has 0 radical (unpaired) electrons. The fourth-order valence-corrected chi connectivity index (χ4v) is 5.95. The Labute approximate surface area is 213 Å². The minimum absolute atomic E-state index is 0.0164. The number of aromatic amines is 1. The number of rotatable bonds is 3. The summed E-state index contributed by atoms with van der Waals surface area (Å²) in [5.41, 5.74) is 3.51. The van der Waals surface area contributed by atoms with Crippen LogP contribution in [0.3, 0.4) is 0 Å². The number of carbonyl (C=O) groups is 2. The van der Waals surface area contributed by atoms with Crippen molar-refractivity contribution in [3.63, 3.8) is 0 Å². The van der Waals surface area contributed by atoms with Crippen LogP contribution in [-0.2, 0) is 21.7 Å². The van der Waals surface area contributed by atoms with E-state index in [1.165, 1.54) is 0 Å². The molecule has 1 saturated heterocycles. The van der Waals surface area contributed by atoms with Crippen LogP contribution < -0.4 is 0 Å². The maximum atomic E-state index is 14.1. The van der Waals surface area contributed by atoms with Gasteiger partial charge in [0, 0.05) is 40.0 Å². The van der Waals surface area contributed by atoms with Crippen LogP contribution in [0.25, 0.3) is 10.9 Å². The molecule has 5 nitrogen and oxygen atoms in total. The van der Waals surface area contributed by atoms with Crippen molar-refractivity contribution in [2.45, 2.75) is 24.9 Å². The van der Waals surface area contributed by atoms with E-state index in [1.807, 2.05) is 67.6 Å². The number of halogens is 2. The molecule has 0 saturated carbocycles. The summed E-state index contributed by atoms with van der Waals surface area (Å²) in [6.45, 7) is 2.57. The van der Waals surface area contributed by atoms with Crippen LogP contribution >= 0.6 is 23.2 Å². The summed E-state index contributed by atoms with van der Waals surface area (Å²) in [6, 6.07) is 23.2. The molecule has 7 heteroatoms. The standard InChI is InChI=1S/C28H23Cl2N3O2/c1-28-26-25(20-7-3-5-9-23(20)31-26)21(17-10-12-19(29)13-11-17)15-33(28)24(34)16-32(27(28)35)14-18-6-2-4-8-22(18)30/h2-13,21,31H,14-16H2,1H3/t21-,28-/m0/s1. The highest BCUT2D eigenvalue weighted by molar-refractivity contribution is 6.31. The second kappa shape index (κ2) is 8.14. The summed E-state index contributed by atoms with van der Waals surface area (Å²) >= 11 is 12.5. The maximum Gasteiger partial charge on any atom is 0.255 e. The Balaban J connectivity index is 1.51. The van der Waals surface area contributed by atoms with Gasteiger partial charge in [-0.2, -0.15) is 0 Å². The van der Waals surface area contributed by atoms with Crippen molar-refractivity contribution < 1.29 is 9.59 Å². The number of H-pyrrole nitrogens is 1. The lowest BCUT2D eigenvalue weighted by Crippen LogP contribution is -2.67. The highest BCUT2D eigenvalue weighted by Gasteiger charge is 2.56. The molecule has 35 heavy (non-hydrogen) atoms. The zero-order valence-corrected chi connectivity index (χ0v) is 20.6. The molecule has 3 heterocycles. The van der Waals surface area contributed by atoms with Crippen molar-refractivity contribution in [2.24, 2.45) is 0 Å². The predicted molar refractivity (Wildman–Crippen MR) is 138 cm³/mol. The van der Waals surface area contributed by atoms with Gasteiger partial charge in [0.25, 0.3) is 5.91 Å². The third-order valence-corrected chi connectivity index (χ3v) is 8.03. The highest BCUT2D eigenvalue weighted by Crippen LogP contribution is 2.48. The maximum absolute atomic E-state index is 14.1. The molecule has 1 N–H and O–H groups in total.